The van der Waals surface area contributed by atoms with E-state index in [0.29, 0.717) is 11.8 Å². The molecule has 0 saturated carbocycles. The Bertz CT molecular complexity index is 721. The van der Waals surface area contributed by atoms with Crippen molar-refractivity contribution in [2.75, 3.05) is 19.6 Å². The van der Waals surface area contributed by atoms with Crippen molar-refractivity contribution < 1.29 is 9.13 Å². The number of rotatable bonds is 5. The van der Waals surface area contributed by atoms with E-state index in [9.17, 15) is 4.39 Å². The Morgan fingerprint density at radius 2 is 1.88 bits per heavy atom. The molecule has 4 nitrogen and oxygen atoms in total. The van der Waals surface area contributed by atoms with E-state index in [1.54, 1.807) is 18.3 Å². The van der Waals surface area contributed by atoms with Gasteiger partial charge in [-0.05, 0) is 64.3 Å². The van der Waals surface area contributed by atoms with E-state index in [1.165, 1.54) is 0 Å². The fourth-order valence-corrected chi connectivity index (χ4v) is 3.42. The van der Waals surface area contributed by atoms with Crippen LogP contribution in [0.5, 0.6) is 5.88 Å². The Morgan fingerprint density at radius 3 is 2.58 bits per heavy atom. The first-order valence-electron chi connectivity index (χ1n) is 9.37. The van der Waals surface area contributed by atoms with Gasteiger partial charge in [0.15, 0.2) is 0 Å². The van der Waals surface area contributed by atoms with Crippen molar-refractivity contribution in [2.24, 2.45) is 0 Å². The molecule has 3 rings (SSSR count). The van der Waals surface area contributed by atoms with E-state index in [4.69, 9.17) is 4.74 Å². The number of likely N-dealkylation sites (tertiary alicyclic amines) is 1. The van der Waals surface area contributed by atoms with E-state index in [-0.39, 0.29) is 11.4 Å². The van der Waals surface area contributed by atoms with Gasteiger partial charge in [-0.2, -0.15) is 0 Å². The fourth-order valence-electron chi connectivity index (χ4n) is 3.42. The van der Waals surface area contributed by atoms with Crippen molar-refractivity contribution in [3.8, 4) is 5.88 Å². The highest BCUT2D eigenvalue weighted by Crippen LogP contribution is 2.29. The number of ether oxygens (including phenoxy) is 1. The predicted molar refractivity (Wildman–Crippen MR) is 101 cm³/mol. The van der Waals surface area contributed by atoms with Crippen LogP contribution in [0, 0.1) is 5.82 Å². The van der Waals surface area contributed by atoms with Crippen molar-refractivity contribution in [2.45, 2.75) is 51.6 Å². The lowest BCUT2D eigenvalue weighted by atomic mass is 9.89. The lowest BCUT2D eigenvalue weighted by Crippen LogP contribution is -2.34. The number of piperidine rings is 1. The van der Waals surface area contributed by atoms with Crippen LogP contribution in [0.15, 0.2) is 36.7 Å². The molecule has 0 atom stereocenters. The van der Waals surface area contributed by atoms with Crippen LogP contribution in [-0.2, 0) is 6.42 Å². The summed E-state index contributed by atoms with van der Waals surface area (Å²) in [5.74, 6) is 0.834. The molecular weight excluding hydrogens is 329 g/mol. The zero-order chi connectivity index (χ0) is 18.6. The smallest absolute Gasteiger partial charge is 0.233 e. The number of aromatic nitrogens is 2. The van der Waals surface area contributed by atoms with E-state index in [2.05, 4.69) is 14.9 Å². The SMILES string of the molecule is CC(C)(C)Oc1cncc(CCN2CCC(c3ccccc3F)CC2)n1. The zero-order valence-electron chi connectivity index (χ0n) is 15.9. The maximum atomic E-state index is 14.0. The van der Waals surface area contributed by atoms with E-state index < -0.39 is 0 Å². The lowest BCUT2D eigenvalue weighted by molar-refractivity contribution is 0.123. The average molecular weight is 357 g/mol. The highest BCUT2D eigenvalue weighted by molar-refractivity contribution is 5.22. The van der Waals surface area contributed by atoms with Gasteiger partial charge in [-0.1, -0.05) is 18.2 Å². The van der Waals surface area contributed by atoms with E-state index in [1.807, 2.05) is 39.1 Å². The Kier molecular flexibility index (Phi) is 5.87. The Hall–Kier alpha value is -2.01. The quantitative estimate of drug-likeness (QED) is 0.803. The molecule has 140 valence electrons. The summed E-state index contributed by atoms with van der Waals surface area (Å²) in [5.41, 5.74) is 1.54. The maximum absolute atomic E-state index is 14.0. The van der Waals surface area contributed by atoms with Gasteiger partial charge in [-0.25, -0.2) is 9.37 Å². The third-order valence-corrected chi connectivity index (χ3v) is 4.69. The zero-order valence-corrected chi connectivity index (χ0v) is 15.9. The van der Waals surface area contributed by atoms with Crippen LogP contribution in [0.1, 0.15) is 50.8 Å². The molecule has 1 fully saturated rings. The van der Waals surface area contributed by atoms with Crippen molar-refractivity contribution in [3.63, 3.8) is 0 Å². The number of nitrogens with zero attached hydrogens (tertiary/aromatic N) is 3. The molecule has 1 aromatic heterocycles. The van der Waals surface area contributed by atoms with Crippen LogP contribution in [0.2, 0.25) is 0 Å². The Morgan fingerprint density at radius 1 is 1.15 bits per heavy atom. The molecule has 0 aliphatic carbocycles. The number of benzene rings is 1. The summed E-state index contributed by atoms with van der Waals surface area (Å²) in [4.78, 5) is 11.2. The van der Waals surface area contributed by atoms with Crippen LogP contribution < -0.4 is 4.74 Å². The summed E-state index contributed by atoms with van der Waals surface area (Å²) in [5, 5.41) is 0. The molecule has 0 unspecified atom stereocenters. The third kappa shape index (κ3) is 5.24. The van der Waals surface area contributed by atoms with Crippen molar-refractivity contribution in [1.29, 1.82) is 0 Å². The standard InChI is InChI=1S/C21H28FN3O/c1-21(2,3)26-20-15-23-14-17(24-20)10-13-25-11-8-16(9-12-25)18-6-4-5-7-19(18)22/h4-7,14-16H,8-13H2,1-3H3. The van der Waals surface area contributed by atoms with Crippen LogP contribution >= 0.6 is 0 Å². The van der Waals surface area contributed by atoms with Gasteiger partial charge in [0.05, 0.1) is 11.9 Å². The number of hydrogen-bond donors (Lipinski definition) is 0. The summed E-state index contributed by atoms with van der Waals surface area (Å²) in [6.45, 7) is 8.93. The summed E-state index contributed by atoms with van der Waals surface area (Å²) in [7, 11) is 0. The van der Waals surface area contributed by atoms with Crippen LogP contribution in [0.25, 0.3) is 0 Å². The molecule has 0 amide bonds. The van der Waals surface area contributed by atoms with E-state index in [0.717, 1.165) is 50.2 Å². The second kappa shape index (κ2) is 8.12. The van der Waals surface area contributed by atoms with Crippen molar-refractivity contribution >= 4 is 0 Å². The minimum Gasteiger partial charge on any atom is -0.471 e. The third-order valence-electron chi connectivity index (χ3n) is 4.69. The second-order valence-electron chi connectivity index (χ2n) is 7.95. The van der Waals surface area contributed by atoms with E-state index >= 15 is 0 Å². The number of hydrogen-bond acceptors (Lipinski definition) is 4. The molecule has 1 aliphatic heterocycles. The van der Waals surface area contributed by atoms with Crippen molar-refractivity contribution in [3.05, 3.63) is 53.7 Å². The minimum absolute atomic E-state index is 0.0723. The van der Waals surface area contributed by atoms with Gasteiger partial charge in [0.2, 0.25) is 5.88 Å². The average Bonchev–Trinajstić information content (AvgIpc) is 2.60. The first kappa shape index (κ1) is 18.8. The molecule has 2 heterocycles. The molecule has 0 N–H and O–H groups in total. The summed E-state index contributed by atoms with van der Waals surface area (Å²) >= 11 is 0. The highest BCUT2D eigenvalue weighted by atomic mass is 19.1. The van der Waals surface area contributed by atoms with Gasteiger partial charge in [-0.3, -0.25) is 4.98 Å². The Balaban J connectivity index is 1.50. The molecule has 5 heteroatoms. The van der Waals surface area contributed by atoms with Crippen LogP contribution in [-0.4, -0.2) is 40.1 Å². The van der Waals surface area contributed by atoms with Crippen molar-refractivity contribution in [1.82, 2.24) is 14.9 Å². The topological polar surface area (TPSA) is 38.2 Å². The van der Waals surface area contributed by atoms with Crippen LogP contribution in [0.3, 0.4) is 0 Å². The maximum Gasteiger partial charge on any atom is 0.233 e. The van der Waals surface area contributed by atoms with Gasteiger partial charge in [0.1, 0.15) is 11.4 Å². The highest BCUT2D eigenvalue weighted by Gasteiger charge is 2.22. The summed E-state index contributed by atoms with van der Waals surface area (Å²) in [6.07, 6.45) is 6.31. The van der Waals surface area contributed by atoms with Gasteiger partial charge in [-0.15, -0.1) is 0 Å². The normalized spacial score (nSPS) is 16.6. The molecular formula is C21H28FN3O. The van der Waals surface area contributed by atoms with Gasteiger partial charge >= 0.3 is 0 Å². The fraction of sp³-hybridized carbons (Fsp3) is 0.524. The first-order chi connectivity index (χ1) is 12.4. The molecule has 0 spiro atoms. The second-order valence-corrected chi connectivity index (χ2v) is 7.95. The van der Waals surface area contributed by atoms with Gasteiger partial charge in [0.25, 0.3) is 0 Å². The van der Waals surface area contributed by atoms with Gasteiger partial charge < -0.3 is 9.64 Å². The molecule has 0 radical (unpaired) electrons. The molecule has 2 aromatic rings. The minimum atomic E-state index is -0.276. The predicted octanol–water partition coefficient (Wildman–Crippen LogP) is 4.22. The largest absolute Gasteiger partial charge is 0.471 e. The lowest BCUT2D eigenvalue weighted by Gasteiger charge is -2.32. The molecule has 1 aromatic carbocycles. The molecule has 1 aliphatic rings. The molecule has 26 heavy (non-hydrogen) atoms. The van der Waals surface area contributed by atoms with Gasteiger partial charge in [0, 0.05) is 19.2 Å². The van der Waals surface area contributed by atoms with Crippen LogP contribution in [0.4, 0.5) is 4.39 Å². The first-order valence-corrected chi connectivity index (χ1v) is 9.37. The molecule has 1 saturated heterocycles. The summed E-state index contributed by atoms with van der Waals surface area (Å²) < 4.78 is 19.7. The summed E-state index contributed by atoms with van der Waals surface area (Å²) in [6, 6.07) is 7.17. The monoisotopic (exact) mass is 357 g/mol. The Labute approximate surface area is 155 Å². The number of halogens is 1. The molecule has 0 bridgehead atoms.